The van der Waals surface area contributed by atoms with Crippen LogP contribution in [-0.4, -0.2) is 31.1 Å². The van der Waals surface area contributed by atoms with Crippen LogP contribution in [0.3, 0.4) is 0 Å². The number of hydrogen-bond acceptors (Lipinski definition) is 3. The smallest absolute Gasteiger partial charge is 0.363 e. The van der Waals surface area contributed by atoms with Gasteiger partial charge in [0.05, 0.1) is 6.10 Å². The minimum Gasteiger partial charge on any atom is -0.393 e. The Hall–Kier alpha value is -1.27. The molecule has 0 amide bonds. The predicted octanol–water partition coefficient (Wildman–Crippen LogP) is 5.99. The Balaban J connectivity index is 1.78. The van der Waals surface area contributed by atoms with Gasteiger partial charge in [0.1, 0.15) is 0 Å². The average Bonchev–Trinajstić information content (AvgIpc) is 3.03. The van der Waals surface area contributed by atoms with E-state index in [0.29, 0.717) is 24.7 Å². The first-order valence-corrected chi connectivity index (χ1v) is 13.3. The Labute approximate surface area is 185 Å². The van der Waals surface area contributed by atoms with Crippen molar-refractivity contribution >= 4 is 9.84 Å². The van der Waals surface area contributed by atoms with Crippen LogP contribution in [0, 0.1) is 23.2 Å². The van der Waals surface area contributed by atoms with Crippen molar-refractivity contribution in [1.29, 1.82) is 0 Å². The summed E-state index contributed by atoms with van der Waals surface area (Å²) in [6.45, 7) is 8.35. The molecule has 0 aromatic heterocycles. The minimum absolute atomic E-state index is 0.0236. The van der Waals surface area contributed by atoms with Crippen LogP contribution < -0.4 is 0 Å². The van der Waals surface area contributed by atoms with Gasteiger partial charge in [-0.25, -0.2) is 8.42 Å². The fourth-order valence-corrected chi connectivity index (χ4v) is 6.39. The normalized spacial score (nSPS) is 36.3. The van der Waals surface area contributed by atoms with Crippen molar-refractivity contribution in [2.75, 3.05) is 6.26 Å². The molecule has 3 fully saturated rings. The third-order valence-electron chi connectivity index (χ3n) is 7.95. The van der Waals surface area contributed by atoms with Gasteiger partial charge in [0.2, 0.25) is 9.84 Å². The largest absolute Gasteiger partial charge is 0.393 e. The van der Waals surface area contributed by atoms with E-state index in [9.17, 15) is 22.3 Å². The van der Waals surface area contributed by atoms with Gasteiger partial charge >= 0.3 is 5.25 Å². The number of sulfone groups is 1. The lowest BCUT2D eigenvalue weighted by molar-refractivity contribution is 0.110. The molecule has 0 heterocycles. The highest BCUT2D eigenvalue weighted by Gasteiger charge is 2.50. The molecule has 3 aliphatic rings. The van der Waals surface area contributed by atoms with E-state index in [1.165, 1.54) is 11.6 Å². The maximum absolute atomic E-state index is 13.9. The van der Waals surface area contributed by atoms with Gasteiger partial charge in [-0.1, -0.05) is 49.8 Å². The lowest BCUT2D eigenvalue weighted by Gasteiger charge is -2.44. The second kappa shape index (κ2) is 8.93. The van der Waals surface area contributed by atoms with Crippen LogP contribution in [0.2, 0.25) is 0 Å². The summed E-state index contributed by atoms with van der Waals surface area (Å²) in [6.07, 6.45) is 14.0. The van der Waals surface area contributed by atoms with Crippen molar-refractivity contribution < 1.29 is 22.3 Å². The van der Waals surface area contributed by atoms with Gasteiger partial charge in [-0.2, -0.15) is 8.78 Å². The Kier molecular flexibility index (Phi) is 7.02. The first kappa shape index (κ1) is 24.4. The molecule has 0 spiro atoms. The summed E-state index contributed by atoms with van der Waals surface area (Å²) in [5.74, 6) is 0.539. The third-order valence-corrected chi connectivity index (χ3v) is 9.07. The van der Waals surface area contributed by atoms with Crippen LogP contribution in [-0.2, 0) is 9.84 Å². The number of fused-ring (bicyclic) bond motifs is 1. The molecule has 6 heteroatoms. The molecule has 3 nitrogen and oxygen atoms in total. The zero-order chi connectivity index (χ0) is 23.0. The highest BCUT2D eigenvalue weighted by molar-refractivity contribution is 7.91. The molecular formula is C25H36F2O3S. The zero-order valence-electron chi connectivity index (χ0n) is 18.9. The standard InChI is InChI=1S/C25H36F2O3S/c1-17-7-10-21(28)16-20(17)9-8-19-6-5-14-24(3)22(11-12-23(19)24)18(2)13-15-25(26,27)31(4,29)30/h8-9,13,15,18,21-23,28H,1,5-7,10-12,14,16H2,2-4H3/b15-13+,19-8+,20-9-/t18-,21-,22?,23-,24+/m0/s1. The number of allylic oxidation sites excluding steroid dienone is 5. The fraction of sp³-hybridized carbons (Fsp3) is 0.680. The van der Waals surface area contributed by atoms with Crippen LogP contribution in [0.4, 0.5) is 8.78 Å². The number of hydrogen-bond donors (Lipinski definition) is 1. The summed E-state index contributed by atoms with van der Waals surface area (Å²) in [4.78, 5) is 0. The lowest BCUT2D eigenvalue weighted by atomic mass is 9.61. The molecule has 0 aromatic rings. The van der Waals surface area contributed by atoms with Gasteiger partial charge in [0.15, 0.2) is 0 Å². The van der Waals surface area contributed by atoms with Crippen LogP contribution in [0.1, 0.15) is 65.2 Å². The molecule has 0 bridgehead atoms. The first-order chi connectivity index (χ1) is 14.3. The van der Waals surface area contributed by atoms with Crippen molar-refractivity contribution in [1.82, 2.24) is 0 Å². The van der Waals surface area contributed by atoms with Crippen molar-refractivity contribution in [3.05, 3.63) is 47.6 Å². The van der Waals surface area contributed by atoms with E-state index in [1.54, 1.807) is 0 Å². The summed E-state index contributed by atoms with van der Waals surface area (Å²) in [6, 6.07) is 0. The molecule has 3 saturated carbocycles. The average molecular weight is 455 g/mol. The lowest BCUT2D eigenvalue weighted by Crippen LogP contribution is -2.35. The van der Waals surface area contributed by atoms with Crippen molar-refractivity contribution in [3.63, 3.8) is 0 Å². The Morgan fingerprint density at radius 1 is 1.23 bits per heavy atom. The van der Waals surface area contributed by atoms with Crippen molar-refractivity contribution in [2.24, 2.45) is 23.2 Å². The molecule has 0 radical (unpaired) electrons. The summed E-state index contributed by atoms with van der Waals surface area (Å²) in [7, 11) is -4.46. The number of rotatable bonds is 5. The molecular weight excluding hydrogens is 418 g/mol. The molecule has 1 unspecified atom stereocenters. The van der Waals surface area contributed by atoms with Crippen LogP contribution in [0.25, 0.3) is 0 Å². The molecule has 0 aromatic carbocycles. The Bertz CT molecular complexity index is 900. The van der Waals surface area contributed by atoms with Gasteiger partial charge in [0, 0.05) is 6.26 Å². The van der Waals surface area contributed by atoms with E-state index in [0.717, 1.165) is 56.1 Å². The maximum atomic E-state index is 13.9. The van der Waals surface area contributed by atoms with E-state index in [2.05, 4.69) is 25.7 Å². The van der Waals surface area contributed by atoms with Crippen LogP contribution in [0.5, 0.6) is 0 Å². The van der Waals surface area contributed by atoms with Gasteiger partial charge in [-0.3, -0.25) is 0 Å². The number of aliphatic hydroxyl groups is 1. The van der Waals surface area contributed by atoms with E-state index in [4.69, 9.17) is 0 Å². The summed E-state index contributed by atoms with van der Waals surface area (Å²) in [5, 5.41) is 6.16. The second-order valence-electron chi connectivity index (χ2n) is 10.1. The first-order valence-electron chi connectivity index (χ1n) is 11.4. The minimum atomic E-state index is -4.46. The van der Waals surface area contributed by atoms with Gasteiger partial charge in [-0.15, -0.1) is 0 Å². The summed E-state index contributed by atoms with van der Waals surface area (Å²) >= 11 is 0. The molecule has 31 heavy (non-hydrogen) atoms. The van der Waals surface area contributed by atoms with E-state index in [-0.39, 0.29) is 23.4 Å². The quantitative estimate of drug-likeness (QED) is 0.520. The molecule has 3 aliphatic carbocycles. The van der Waals surface area contributed by atoms with Crippen molar-refractivity contribution in [2.45, 2.75) is 76.6 Å². The van der Waals surface area contributed by atoms with Crippen LogP contribution in [0.15, 0.2) is 47.6 Å². The number of halogens is 2. The molecule has 0 saturated heterocycles. The summed E-state index contributed by atoms with van der Waals surface area (Å²) in [5.41, 5.74) is 3.67. The second-order valence-corrected chi connectivity index (χ2v) is 12.2. The molecule has 1 N–H and O–H groups in total. The van der Waals surface area contributed by atoms with E-state index >= 15 is 0 Å². The highest BCUT2D eigenvalue weighted by Crippen LogP contribution is 2.59. The number of alkyl halides is 2. The number of aliphatic hydroxyl groups excluding tert-OH is 1. The summed E-state index contributed by atoms with van der Waals surface area (Å²) < 4.78 is 50.4. The Morgan fingerprint density at radius 3 is 2.61 bits per heavy atom. The van der Waals surface area contributed by atoms with Gasteiger partial charge in [0.25, 0.3) is 0 Å². The van der Waals surface area contributed by atoms with Crippen LogP contribution >= 0.6 is 0 Å². The SMILES string of the molecule is C=C1CC[C@H](O)C/C1=C/C=C1\CCC[C@]2(C)C([C@@H](C)/C=C/C(F)(F)S(C)(=O)=O)CC[C@@H]12. The molecule has 5 atom stereocenters. The zero-order valence-corrected chi connectivity index (χ0v) is 19.7. The molecule has 3 rings (SSSR count). The predicted molar refractivity (Wildman–Crippen MR) is 121 cm³/mol. The fourth-order valence-electron chi connectivity index (χ4n) is 6.06. The topological polar surface area (TPSA) is 54.4 Å². The van der Waals surface area contributed by atoms with Gasteiger partial charge in [-0.05, 0) is 86.2 Å². The highest BCUT2D eigenvalue weighted by atomic mass is 32.2. The van der Waals surface area contributed by atoms with Gasteiger partial charge < -0.3 is 5.11 Å². The van der Waals surface area contributed by atoms with E-state index < -0.39 is 15.1 Å². The monoisotopic (exact) mass is 454 g/mol. The Morgan fingerprint density at radius 2 is 1.94 bits per heavy atom. The third kappa shape index (κ3) is 5.05. The van der Waals surface area contributed by atoms with Crippen molar-refractivity contribution in [3.8, 4) is 0 Å². The maximum Gasteiger partial charge on any atom is 0.363 e. The van der Waals surface area contributed by atoms with E-state index in [1.807, 2.05) is 6.92 Å². The molecule has 0 aliphatic heterocycles. The molecule has 174 valence electrons.